The molecule has 0 amide bonds. The van der Waals surface area contributed by atoms with Crippen LogP contribution in [0.4, 0.5) is 5.69 Å². The molecule has 1 N–H and O–H groups in total. The van der Waals surface area contributed by atoms with Crippen molar-refractivity contribution in [1.82, 2.24) is 9.78 Å². The van der Waals surface area contributed by atoms with E-state index in [9.17, 15) is 9.59 Å². The lowest BCUT2D eigenvalue weighted by atomic mass is 10.4. The molecule has 0 saturated carbocycles. The first-order valence-electron chi connectivity index (χ1n) is 4.54. The molecule has 0 unspecified atom stereocenters. The summed E-state index contributed by atoms with van der Waals surface area (Å²) >= 11 is 0. The molecule has 6 heteroatoms. The monoisotopic (exact) mass is 211 g/mol. The van der Waals surface area contributed by atoms with Gasteiger partial charge in [0.15, 0.2) is 0 Å². The Morgan fingerprint density at radius 1 is 1.67 bits per heavy atom. The molecule has 1 heterocycles. The van der Waals surface area contributed by atoms with Gasteiger partial charge in [-0.1, -0.05) is 0 Å². The number of carbonyl (C=O) groups is 1. The molecule has 0 fully saturated rings. The first-order chi connectivity index (χ1) is 7.04. The van der Waals surface area contributed by atoms with E-state index >= 15 is 0 Å². The average Bonchev–Trinajstić information content (AvgIpc) is 2.19. The van der Waals surface area contributed by atoms with Gasteiger partial charge in [0.1, 0.15) is 6.54 Å². The van der Waals surface area contributed by atoms with E-state index in [1.54, 1.807) is 0 Å². The van der Waals surface area contributed by atoms with Crippen molar-refractivity contribution in [2.75, 3.05) is 18.5 Å². The zero-order valence-electron chi connectivity index (χ0n) is 8.67. The van der Waals surface area contributed by atoms with E-state index in [-0.39, 0.29) is 0 Å². The highest BCUT2D eigenvalue weighted by Crippen LogP contribution is 2.05. The topological polar surface area (TPSA) is 75.4 Å². The number of hydrogen-bond donors (Lipinski definition) is 1. The third kappa shape index (κ3) is 2.80. The second-order valence-electron chi connectivity index (χ2n) is 3.12. The Hall–Kier alpha value is -1.85. The number of carboxylic acid groups (broad SMARTS) is 1. The van der Waals surface area contributed by atoms with E-state index in [2.05, 4.69) is 5.10 Å². The summed E-state index contributed by atoms with van der Waals surface area (Å²) in [5.41, 5.74) is 0.277. The van der Waals surface area contributed by atoms with Crippen LogP contribution in [-0.4, -0.2) is 34.4 Å². The van der Waals surface area contributed by atoms with Crippen molar-refractivity contribution in [1.29, 1.82) is 0 Å². The highest BCUT2D eigenvalue weighted by molar-refractivity contribution is 5.66. The van der Waals surface area contributed by atoms with Gasteiger partial charge >= 0.3 is 5.97 Å². The van der Waals surface area contributed by atoms with Gasteiger partial charge in [0.25, 0.3) is 5.56 Å². The molecule has 0 atom stereocenters. The lowest BCUT2D eigenvalue weighted by Gasteiger charge is -2.15. The third-order valence-corrected chi connectivity index (χ3v) is 2.06. The van der Waals surface area contributed by atoms with Gasteiger partial charge in [-0.2, -0.15) is 5.10 Å². The number of hydrogen-bond acceptors (Lipinski definition) is 4. The van der Waals surface area contributed by atoms with E-state index in [1.807, 2.05) is 18.9 Å². The maximum absolute atomic E-state index is 11.4. The highest BCUT2D eigenvalue weighted by atomic mass is 16.4. The van der Waals surface area contributed by atoms with Crippen molar-refractivity contribution in [3.63, 3.8) is 0 Å². The molecule has 15 heavy (non-hydrogen) atoms. The van der Waals surface area contributed by atoms with E-state index in [0.29, 0.717) is 5.69 Å². The summed E-state index contributed by atoms with van der Waals surface area (Å²) in [6.45, 7) is 2.29. The van der Waals surface area contributed by atoms with Crippen molar-refractivity contribution < 1.29 is 9.90 Å². The van der Waals surface area contributed by atoms with Gasteiger partial charge in [-0.3, -0.25) is 9.59 Å². The lowest BCUT2D eigenvalue weighted by molar-refractivity contribution is -0.138. The maximum atomic E-state index is 11.4. The summed E-state index contributed by atoms with van der Waals surface area (Å²) in [6.07, 6.45) is 1.48. The van der Waals surface area contributed by atoms with Crippen LogP contribution < -0.4 is 10.5 Å². The standard InChI is InChI=1S/C9H13N3O3/c1-3-11(2)7-4-8(13)12(10-5-7)6-9(14)15/h4-5H,3,6H2,1-2H3,(H,14,15). The van der Waals surface area contributed by atoms with Crippen LogP contribution in [0.15, 0.2) is 17.1 Å². The van der Waals surface area contributed by atoms with Crippen LogP contribution in [0, 0.1) is 0 Å². The largest absolute Gasteiger partial charge is 0.480 e. The van der Waals surface area contributed by atoms with Crippen molar-refractivity contribution in [2.45, 2.75) is 13.5 Å². The molecule has 1 rings (SSSR count). The zero-order chi connectivity index (χ0) is 11.4. The third-order valence-electron chi connectivity index (χ3n) is 2.06. The van der Waals surface area contributed by atoms with Crippen molar-refractivity contribution in [3.05, 3.63) is 22.6 Å². The van der Waals surface area contributed by atoms with E-state index in [1.165, 1.54) is 12.3 Å². The fourth-order valence-corrected chi connectivity index (χ4v) is 1.06. The molecule has 0 bridgehead atoms. The molecule has 0 aliphatic rings. The fourth-order valence-electron chi connectivity index (χ4n) is 1.06. The van der Waals surface area contributed by atoms with Gasteiger partial charge in [0, 0.05) is 19.7 Å². The van der Waals surface area contributed by atoms with Crippen LogP contribution in [0.25, 0.3) is 0 Å². The van der Waals surface area contributed by atoms with Gasteiger partial charge in [-0.15, -0.1) is 0 Å². The summed E-state index contributed by atoms with van der Waals surface area (Å²) in [7, 11) is 1.83. The first-order valence-corrected chi connectivity index (χ1v) is 4.54. The summed E-state index contributed by atoms with van der Waals surface area (Å²) in [5.74, 6) is -1.08. The molecule has 82 valence electrons. The van der Waals surface area contributed by atoms with Gasteiger partial charge in [0.05, 0.1) is 11.9 Å². The minimum atomic E-state index is -1.08. The van der Waals surface area contributed by atoms with Crippen LogP contribution >= 0.6 is 0 Å². The second-order valence-corrected chi connectivity index (χ2v) is 3.12. The molecule has 0 aliphatic heterocycles. The molecule has 0 aliphatic carbocycles. The molecule has 6 nitrogen and oxygen atoms in total. The minimum Gasteiger partial charge on any atom is -0.480 e. The summed E-state index contributed by atoms with van der Waals surface area (Å²) in [6, 6.07) is 1.37. The molecule has 0 spiro atoms. The fraction of sp³-hybridized carbons (Fsp3) is 0.444. The van der Waals surface area contributed by atoms with Gasteiger partial charge in [0.2, 0.25) is 0 Å². The lowest BCUT2D eigenvalue weighted by Crippen LogP contribution is -2.28. The number of aliphatic carboxylic acids is 1. The number of rotatable bonds is 4. The second kappa shape index (κ2) is 4.59. The number of aromatic nitrogens is 2. The first kappa shape index (κ1) is 11.2. The van der Waals surface area contributed by atoms with Gasteiger partial charge < -0.3 is 10.0 Å². The van der Waals surface area contributed by atoms with Crippen LogP contribution in [0.1, 0.15) is 6.92 Å². The number of carboxylic acids is 1. The van der Waals surface area contributed by atoms with E-state index < -0.39 is 18.1 Å². The Kier molecular flexibility index (Phi) is 3.43. The average molecular weight is 211 g/mol. The van der Waals surface area contributed by atoms with Crippen molar-refractivity contribution in [3.8, 4) is 0 Å². The van der Waals surface area contributed by atoms with Crippen LogP contribution in [0.5, 0.6) is 0 Å². The summed E-state index contributed by atoms with van der Waals surface area (Å²) in [5, 5.41) is 12.3. The maximum Gasteiger partial charge on any atom is 0.325 e. The van der Waals surface area contributed by atoms with Crippen LogP contribution in [-0.2, 0) is 11.3 Å². The molecular formula is C9H13N3O3. The molecule has 1 aromatic rings. The molecule has 0 radical (unpaired) electrons. The van der Waals surface area contributed by atoms with Gasteiger partial charge in [-0.05, 0) is 6.92 Å². The summed E-state index contributed by atoms with van der Waals surface area (Å²) in [4.78, 5) is 23.6. The Labute approximate surface area is 86.8 Å². The van der Waals surface area contributed by atoms with Crippen molar-refractivity contribution in [2.24, 2.45) is 0 Å². The van der Waals surface area contributed by atoms with Crippen LogP contribution in [0.3, 0.4) is 0 Å². The Balaban J connectivity index is 2.98. The molecule has 0 saturated heterocycles. The van der Waals surface area contributed by atoms with E-state index in [0.717, 1.165) is 11.2 Å². The quantitative estimate of drug-likeness (QED) is 0.745. The SMILES string of the molecule is CCN(C)c1cnn(CC(=O)O)c(=O)c1. The molecular weight excluding hydrogens is 198 g/mol. The van der Waals surface area contributed by atoms with E-state index in [4.69, 9.17) is 5.11 Å². The smallest absolute Gasteiger partial charge is 0.325 e. The number of anilines is 1. The normalized spacial score (nSPS) is 10.0. The summed E-state index contributed by atoms with van der Waals surface area (Å²) < 4.78 is 0.912. The zero-order valence-corrected chi connectivity index (χ0v) is 8.67. The van der Waals surface area contributed by atoms with Crippen molar-refractivity contribution >= 4 is 11.7 Å². The Morgan fingerprint density at radius 3 is 2.80 bits per heavy atom. The highest BCUT2D eigenvalue weighted by Gasteiger charge is 2.05. The Bertz CT molecular complexity index is 413. The predicted molar refractivity (Wildman–Crippen MR) is 55.1 cm³/mol. The number of nitrogens with zero attached hydrogens (tertiary/aromatic N) is 3. The predicted octanol–water partition coefficient (Wildman–Crippen LogP) is -0.216. The molecule has 1 aromatic heterocycles. The van der Waals surface area contributed by atoms with Gasteiger partial charge in [-0.25, -0.2) is 4.68 Å². The minimum absolute atomic E-state index is 0.407. The Morgan fingerprint density at radius 2 is 2.33 bits per heavy atom. The molecule has 0 aromatic carbocycles. The van der Waals surface area contributed by atoms with Crippen LogP contribution in [0.2, 0.25) is 0 Å².